The van der Waals surface area contributed by atoms with Crippen LogP contribution in [-0.2, 0) is 6.42 Å². The molecule has 0 spiro atoms. The van der Waals surface area contributed by atoms with Crippen LogP contribution in [0.1, 0.15) is 5.56 Å². The van der Waals surface area contributed by atoms with Crippen LogP contribution >= 0.6 is 0 Å². The minimum absolute atomic E-state index is 0.264. The Morgan fingerprint density at radius 1 is 0.923 bits per heavy atom. The van der Waals surface area contributed by atoms with Crippen molar-refractivity contribution in [2.75, 3.05) is 11.9 Å². The number of nitrogens with zero attached hydrogens (tertiary/aromatic N) is 3. The quantitative estimate of drug-likeness (QED) is 0.765. The van der Waals surface area contributed by atoms with Gasteiger partial charge in [0.25, 0.3) is 0 Å². The van der Waals surface area contributed by atoms with E-state index in [4.69, 9.17) is 0 Å². The first-order chi connectivity index (χ1) is 12.5. The smallest absolute Gasteiger partial charge is 0.406 e. The van der Waals surface area contributed by atoms with Crippen molar-refractivity contribution in [1.29, 1.82) is 0 Å². The minimum atomic E-state index is -4.71. The Kier molecular flexibility index (Phi) is 3.95. The molecule has 26 heavy (non-hydrogen) atoms. The van der Waals surface area contributed by atoms with Crippen molar-refractivity contribution in [2.45, 2.75) is 12.8 Å². The van der Waals surface area contributed by atoms with Gasteiger partial charge in [0.05, 0.1) is 5.69 Å². The number of fused-ring (bicyclic) bond motifs is 1. The predicted octanol–water partition coefficient (Wildman–Crippen LogP) is 4.07. The Hall–Kier alpha value is -3.16. The second-order valence-corrected chi connectivity index (χ2v) is 5.71. The first-order valence-corrected chi connectivity index (χ1v) is 7.91. The summed E-state index contributed by atoms with van der Waals surface area (Å²) in [6.07, 6.45) is -0.650. The Balaban J connectivity index is 1.75. The lowest BCUT2D eigenvalue weighted by atomic mass is 10.0. The highest BCUT2D eigenvalue weighted by atomic mass is 19.4. The van der Waals surface area contributed by atoms with Crippen LogP contribution in [0, 0.1) is 0 Å². The standard InChI is InChI=1S/C18H13F3N4O/c19-18(20,21)26-13-3-1-11(2-4-13)15-14-7-10-23-17(14)25-16(24-15)12-5-8-22-9-6-12/h1-6,8-9H,7,10H2,(H,23,24,25). The number of hydrogen-bond acceptors (Lipinski definition) is 5. The van der Waals surface area contributed by atoms with Crippen molar-refractivity contribution in [3.05, 3.63) is 54.4 Å². The fourth-order valence-electron chi connectivity index (χ4n) is 2.86. The number of pyridine rings is 1. The molecule has 0 radical (unpaired) electrons. The number of hydrogen-bond donors (Lipinski definition) is 1. The number of nitrogens with one attached hydrogen (secondary N) is 1. The van der Waals surface area contributed by atoms with Crippen molar-refractivity contribution in [3.8, 4) is 28.4 Å². The second kappa shape index (κ2) is 6.29. The molecule has 3 heterocycles. The van der Waals surface area contributed by atoms with E-state index in [-0.39, 0.29) is 5.75 Å². The maximum atomic E-state index is 12.3. The van der Waals surface area contributed by atoms with Crippen LogP contribution in [0.4, 0.5) is 19.0 Å². The third-order valence-electron chi connectivity index (χ3n) is 3.97. The summed E-state index contributed by atoms with van der Waals surface area (Å²) in [7, 11) is 0. The number of anilines is 1. The number of halogens is 3. The van der Waals surface area contributed by atoms with E-state index in [0.29, 0.717) is 17.1 Å². The number of aromatic nitrogens is 3. The highest BCUT2D eigenvalue weighted by Crippen LogP contribution is 2.34. The van der Waals surface area contributed by atoms with Crippen LogP contribution < -0.4 is 10.1 Å². The fourth-order valence-corrected chi connectivity index (χ4v) is 2.86. The number of alkyl halides is 3. The van der Waals surface area contributed by atoms with Gasteiger partial charge in [0.1, 0.15) is 11.6 Å². The van der Waals surface area contributed by atoms with E-state index in [1.54, 1.807) is 36.7 Å². The fraction of sp³-hybridized carbons (Fsp3) is 0.167. The van der Waals surface area contributed by atoms with E-state index in [1.165, 1.54) is 12.1 Å². The van der Waals surface area contributed by atoms with Gasteiger partial charge in [-0.2, -0.15) is 0 Å². The lowest BCUT2D eigenvalue weighted by molar-refractivity contribution is -0.274. The zero-order valence-corrected chi connectivity index (χ0v) is 13.4. The molecule has 1 aliphatic heterocycles. The molecule has 1 N–H and O–H groups in total. The summed E-state index contributed by atoms with van der Waals surface area (Å²) in [5, 5.41) is 3.22. The maximum Gasteiger partial charge on any atom is 0.573 e. The van der Waals surface area contributed by atoms with Crippen LogP contribution in [0.15, 0.2) is 48.8 Å². The topological polar surface area (TPSA) is 59.9 Å². The van der Waals surface area contributed by atoms with Crippen molar-refractivity contribution >= 4 is 5.82 Å². The highest BCUT2D eigenvalue weighted by Gasteiger charge is 2.31. The zero-order valence-electron chi connectivity index (χ0n) is 13.4. The third-order valence-corrected chi connectivity index (χ3v) is 3.97. The van der Waals surface area contributed by atoms with E-state index >= 15 is 0 Å². The highest BCUT2D eigenvalue weighted by molar-refractivity contribution is 5.74. The molecule has 5 nitrogen and oxygen atoms in total. The van der Waals surface area contributed by atoms with Gasteiger partial charge < -0.3 is 10.1 Å². The van der Waals surface area contributed by atoms with Crippen molar-refractivity contribution in [2.24, 2.45) is 0 Å². The number of benzene rings is 1. The van der Waals surface area contributed by atoms with Gasteiger partial charge in [-0.05, 0) is 42.8 Å². The van der Waals surface area contributed by atoms with E-state index in [2.05, 4.69) is 25.0 Å². The monoisotopic (exact) mass is 358 g/mol. The van der Waals surface area contributed by atoms with Crippen molar-refractivity contribution in [3.63, 3.8) is 0 Å². The molecule has 0 fully saturated rings. The maximum absolute atomic E-state index is 12.3. The Labute approximate surface area is 146 Å². The average molecular weight is 358 g/mol. The molecule has 3 aromatic rings. The SMILES string of the molecule is FC(F)(F)Oc1ccc(-c2nc(-c3ccncc3)nc3c2CCN3)cc1. The van der Waals surface area contributed by atoms with Crippen LogP contribution in [-0.4, -0.2) is 27.9 Å². The summed E-state index contributed by atoms with van der Waals surface area (Å²) in [5.74, 6) is 1.02. The van der Waals surface area contributed by atoms with Gasteiger partial charge in [-0.15, -0.1) is 13.2 Å². The van der Waals surface area contributed by atoms with E-state index in [0.717, 1.165) is 29.9 Å². The summed E-state index contributed by atoms with van der Waals surface area (Å²) in [6, 6.07) is 9.32. The van der Waals surface area contributed by atoms with Crippen LogP contribution in [0.2, 0.25) is 0 Å². The molecular formula is C18H13F3N4O. The van der Waals surface area contributed by atoms with Gasteiger partial charge in [0, 0.05) is 35.6 Å². The summed E-state index contributed by atoms with van der Waals surface area (Å²) in [4.78, 5) is 13.2. The van der Waals surface area contributed by atoms with Crippen molar-refractivity contribution in [1.82, 2.24) is 15.0 Å². The number of ether oxygens (including phenoxy) is 1. The van der Waals surface area contributed by atoms with E-state index in [1.807, 2.05) is 0 Å². The van der Waals surface area contributed by atoms with Crippen molar-refractivity contribution < 1.29 is 17.9 Å². The second-order valence-electron chi connectivity index (χ2n) is 5.71. The van der Waals surface area contributed by atoms with E-state index < -0.39 is 6.36 Å². The summed E-state index contributed by atoms with van der Waals surface area (Å²) in [6.45, 7) is 0.742. The minimum Gasteiger partial charge on any atom is -0.406 e. The van der Waals surface area contributed by atoms with Gasteiger partial charge in [-0.1, -0.05) is 0 Å². The molecule has 0 bridgehead atoms. The molecule has 2 aromatic heterocycles. The Morgan fingerprint density at radius 3 is 2.35 bits per heavy atom. The van der Waals surface area contributed by atoms with Gasteiger partial charge in [0.15, 0.2) is 5.82 Å². The molecular weight excluding hydrogens is 345 g/mol. The first-order valence-electron chi connectivity index (χ1n) is 7.91. The molecule has 0 aliphatic carbocycles. The summed E-state index contributed by atoms with van der Waals surface area (Å²) < 4.78 is 40.9. The molecule has 132 valence electrons. The van der Waals surface area contributed by atoms with Gasteiger partial charge in [-0.3, -0.25) is 4.98 Å². The molecule has 1 aromatic carbocycles. The van der Waals surface area contributed by atoms with Crippen LogP contribution in [0.3, 0.4) is 0 Å². The van der Waals surface area contributed by atoms with Gasteiger partial charge >= 0.3 is 6.36 Å². The summed E-state index contributed by atoms with van der Waals surface area (Å²) >= 11 is 0. The lowest BCUT2D eigenvalue weighted by Gasteiger charge is -2.12. The summed E-state index contributed by atoms with van der Waals surface area (Å²) in [5.41, 5.74) is 3.17. The first kappa shape index (κ1) is 16.3. The average Bonchev–Trinajstić information content (AvgIpc) is 3.10. The predicted molar refractivity (Wildman–Crippen MR) is 89.6 cm³/mol. The normalized spacial score (nSPS) is 13.2. The molecule has 4 rings (SSSR count). The Morgan fingerprint density at radius 2 is 1.65 bits per heavy atom. The van der Waals surface area contributed by atoms with Crippen LogP contribution in [0.25, 0.3) is 22.6 Å². The lowest BCUT2D eigenvalue weighted by Crippen LogP contribution is -2.16. The molecule has 0 saturated heterocycles. The largest absolute Gasteiger partial charge is 0.573 e. The molecule has 0 atom stereocenters. The molecule has 8 heteroatoms. The Bertz CT molecular complexity index is 928. The molecule has 0 amide bonds. The molecule has 0 saturated carbocycles. The molecule has 1 aliphatic rings. The number of rotatable bonds is 3. The van der Waals surface area contributed by atoms with Crippen LogP contribution in [0.5, 0.6) is 5.75 Å². The van der Waals surface area contributed by atoms with E-state index in [9.17, 15) is 13.2 Å². The molecule has 0 unspecified atom stereocenters. The zero-order chi connectivity index (χ0) is 18.1. The third kappa shape index (κ3) is 3.30. The van der Waals surface area contributed by atoms with Gasteiger partial charge in [0.2, 0.25) is 0 Å². The van der Waals surface area contributed by atoms with Gasteiger partial charge in [-0.25, -0.2) is 9.97 Å².